The van der Waals surface area contributed by atoms with E-state index in [4.69, 9.17) is 11.1 Å². The normalized spacial score (nSPS) is 11.9. The zero-order valence-electron chi connectivity index (χ0n) is 9.84. The molecule has 0 saturated carbocycles. The molecular weight excluding hydrogens is 192 g/mol. The molecule has 1 atom stereocenters. The summed E-state index contributed by atoms with van der Waals surface area (Å²) in [4.78, 5) is 13.3. The summed E-state index contributed by atoms with van der Waals surface area (Å²) in [5.41, 5.74) is 5.36. The Morgan fingerprint density at radius 1 is 1.53 bits per heavy atom. The second-order valence-corrected chi connectivity index (χ2v) is 3.63. The minimum Gasteiger partial charge on any atom is -0.387 e. The molecule has 0 heterocycles. The average molecular weight is 214 g/mol. The van der Waals surface area contributed by atoms with Crippen LogP contribution in [0.5, 0.6) is 0 Å². The summed E-state index contributed by atoms with van der Waals surface area (Å²) >= 11 is 0. The number of hydrogen-bond donors (Lipinski definition) is 3. The van der Waals surface area contributed by atoms with E-state index >= 15 is 0 Å². The number of nitrogens with one attached hydrogen (secondary N) is 2. The molecule has 88 valence electrons. The number of urea groups is 1. The third-order valence-corrected chi connectivity index (χ3v) is 2.22. The maximum atomic E-state index is 11.6. The molecule has 0 aromatic rings. The smallest absolute Gasteiger partial charge is 0.317 e. The van der Waals surface area contributed by atoms with Gasteiger partial charge >= 0.3 is 6.03 Å². The van der Waals surface area contributed by atoms with Crippen LogP contribution in [-0.4, -0.2) is 36.4 Å². The van der Waals surface area contributed by atoms with E-state index in [1.165, 1.54) is 0 Å². The Morgan fingerprint density at radius 3 is 2.53 bits per heavy atom. The van der Waals surface area contributed by atoms with Crippen LogP contribution in [0.1, 0.15) is 27.2 Å². The van der Waals surface area contributed by atoms with Crippen molar-refractivity contribution in [3.63, 3.8) is 0 Å². The molecule has 0 aromatic heterocycles. The number of amides is 2. The van der Waals surface area contributed by atoms with Gasteiger partial charge < -0.3 is 16.0 Å². The van der Waals surface area contributed by atoms with Crippen LogP contribution in [0.15, 0.2) is 0 Å². The van der Waals surface area contributed by atoms with Gasteiger partial charge in [-0.1, -0.05) is 13.8 Å². The lowest BCUT2D eigenvalue weighted by Crippen LogP contribution is -2.44. The fourth-order valence-corrected chi connectivity index (χ4v) is 1.13. The van der Waals surface area contributed by atoms with Crippen molar-refractivity contribution in [2.45, 2.75) is 27.2 Å². The van der Waals surface area contributed by atoms with Crippen molar-refractivity contribution in [2.24, 2.45) is 11.7 Å². The highest BCUT2D eigenvalue weighted by atomic mass is 16.2. The standard InChI is InChI=1S/C10H22N4O/c1-4-6-13-10(15)14(5-2)7-8(3)9(11)12/h8H,4-7H2,1-3H3,(H3,11,12)(H,13,15). The molecule has 0 bridgehead atoms. The number of nitrogens with two attached hydrogens (primary N) is 1. The van der Waals surface area contributed by atoms with E-state index in [9.17, 15) is 4.79 Å². The van der Waals surface area contributed by atoms with Gasteiger partial charge in [0.1, 0.15) is 0 Å². The van der Waals surface area contributed by atoms with Gasteiger partial charge in [-0.3, -0.25) is 5.41 Å². The minimum absolute atomic E-state index is 0.0764. The van der Waals surface area contributed by atoms with Gasteiger partial charge in [0.25, 0.3) is 0 Å². The summed E-state index contributed by atoms with van der Waals surface area (Å²) in [5, 5.41) is 10.1. The Labute approximate surface area is 91.5 Å². The van der Waals surface area contributed by atoms with Crippen LogP contribution >= 0.6 is 0 Å². The zero-order valence-corrected chi connectivity index (χ0v) is 9.84. The summed E-state index contributed by atoms with van der Waals surface area (Å²) < 4.78 is 0. The topological polar surface area (TPSA) is 82.2 Å². The Balaban J connectivity index is 4.11. The summed E-state index contributed by atoms with van der Waals surface area (Å²) in [5.74, 6) is 0.0362. The van der Waals surface area contributed by atoms with Crippen molar-refractivity contribution in [2.75, 3.05) is 19.6 Å². The van der Waals surface area contributed by atoms with E-state index in [-0.39, 0.29) is 17.8 Å². The number of carbonyl (C=O) groups is 1. The van der Waals surface area contributed by atoms with Crippen molar-refractivity contribution in [3.05, 3.63) is 0 Å². The molecule has 4 N–H and O–H groups in total. The van der Waals surface area contributed by atoms with Crippen molar-refractivity contribution >= 4 is 11.9 Å². The molecule has 0 aliphatic heterocycles. The molecule has 1 unspecified atom stereocenters. The van der Waals surface area contributed by atoms with Crippen LogP contribution in [0.3, 0.4) is 0 Å². The molecule has 0 fully saturated rings. The monoisotopic (exact) mass is 214 g/mol. The first-order valence-electron chi connectivity index (χ1n) is 5.39. The molecule has 15 heavy (non-hydrogen) atoms. The number of hydrogen-bond acceptors (Lipinski definition) is 2. The van der Waals surface area contributed by atoms with Crippen LogP contribution in [0.25, 0.3) is 0 Å². The van der Waals surface area contributed by atoms with Crippen molar-refractivity contribution in [1.29, 1.82) is 5.41 Å². The average Bonchev–Trinajstić information content (AvgIpc) is 2.21. The maximum absolute atomic E-state index is 11.6. The van der Waals surface area contributed by atoms with E-state index in [1.807, 2.05) is 20.8 Å². The van der Waals surface area contributed by atoms with Gasteiger partial charge in [-0.25, -0.2) is 4.79 Å². The van der Waals surface area contributed by atoms with Crippen LogP contribution < -0.4 is 11.1 Å². The lowest BCUT2D eigenvalue weighted by atomic mass is 10.1. The van der Waals surface area contributed by atoms with E-state index < -0.39 is 0 Å². The molecule has 0 aliphatic carbocycles. The highest BCUT2D eigenvalue weighted by molar-refractivity contribution is 5.80. The van der Waals surface area contributed by atoms with Gasteiger partial charge in [-0.15, -0.1) is 0 Å². The first-order chi connectivity index (χ1) is 7.02. The van der Waals surface area contributed by atoms with Gasteiger partial charge in [0.05, 0.1) is 5.84 Å². The number of amidine groups is 1. The first kappa shape index (κ1) is 13.7. The Morgan fingerprint density at radius 2 is 2.13 bits per heavy atom. The van der Waals surface area contributed by atoms with E-state index in [0.29, 0.717) is 19.6 Å². The number of carbonyl (C=O) groups excluding carboxylic acids is 1. The SMILES string of the molecule is CCCNC(=O)N(CC)CC(C)C(=N)N. The second kappa shape index (κ2) is 7.09. The van der Waals surface area contributed by atoms with E-state index in [0.717, 1.165) is 6.42 Å². The number of rotatable bonds is 6. The summed E-state index contributed by atoms with van der Waals surface area (Å²) in [6.07, 6.45) is 0.922. The zero-order chi connectivity index (χ0) is 11.8. The van der Waals surface area contributed by atoms with Crippen LogP contribution in [0, 0.1) is 11.3 Å². The van der Waals surface area contributed by atoms with Crippen LogP contribution in [-0.2, 0) is 0 Å². The molecule has 0 radical (unpaired) electrons. The minimum atomic E-state index is -0.0858. The molecule has 5 nitrogen and oxygen atoms in total. The van der Waals surface area contributed by atoms with Gasteiger partial charge in [0.2, 0.25) is 0 Å². The lowest BCUT2D eigenvalue weighted by Gasteiger charge is -2.24. The van der Waals surface area contributed by atoms with E-state index in [2.05, 4.69) is 5.32 Å². The highest BCUT2D eigenvalue weighted by Crippen LogP contribution is 1.99. The van der Waals surface area contributed by atoms with Gasteiger partial charge in [0, 0.05) is 25.6 Å². The fourth-order valence-electron chi connectivity index (χ4n) is 1.13. The number of nitrogens with zero attached hydrogens (tertiary/aromatic N) is 1. The molecule has 0 saturated heterocycles. The predicted molar refractivity (Wildman–Crippen MR) is 62.0 cm³/mol. The fraction of sp³-hybridized carbons (Fsp3) is 0.800. The molecular formula is C10H22N4O. The third kappa shape index (κ3) is 5.24. The molecule has 0 aliphatic rings. The third-order valence-electron chi connectivity index (χ3n) is 2.22. The van der Waals surface area contributed by atoms with Crippen LogP contribution in [0.4, 0.5) is 4.79 Å². The molecule has 5 heteroatoms. The molecule has 0 rings (SSSR count). The van der Waals surface area contributed by atoms with Gasteiger partial charge in [-0.2, -0.15) is 0 Å². The maximum Gasteiger partial charge on any atom is 0.317 e. The molecule has 0 aromatic carbocycles. The van der Waals surface area contributed by atoms with Crippen molar-refractivity contribution < 1.29 is 4.79 Å². The summed E-state index contributed by atoms with van der Waals surface area (Å²) in [7, 11) is 0. The van der Waals surface area contributed by atoms with Crippen molar-refractivity contribution in [1.82, 2.24) is 10.2 Å². The molecule has 0 spiro atoms. The lowest BCUT2D eigenvalue weighted by molar-refractivity contribution is 0.197. The van der Waals surface area contributed by atoms with Crippen molar-refractivity contribution in [3.8, 4) is 0 Å². The Kier molecular flexibility index (Phi) is 6.49. The molecule has 2 amide bonds. The summed E-state index contributed by atoms with van der Waals surface area (Å²) in [6.45, 7) is 7.59. The predicted octanol–water partition coefficient (Wildman–Crippen LogP) is 1.000. The largest absolute Gasteiger partial charge is 0.387 e. The van der Waals surface area contributed by atoms with E-state index in [1.54, 1.807) is 4.90 Å². The Bertz CT molecular complexity index is 217. The van der Waals surface area contributed by atoms with Gasteiger partial charge in [0.15, 0.2) is 0 Å². The highest BCUT2D eigenvalue weighted by Gasteiger charge is 2.15. The van der Waals surface area contributed by atoms with Crippen LogP contribution in [0.2, 0.25) is 0 Å². The quantitative estimate of drug-likeness (QED) is 0.455. The summed E-state index contributed by atoms with van der Waals surface area (Å²) in [6, 6.07) is -0.0764. The Hall–Kier alpha value is -1.26. The van der Waals surface area contributed by atoms with Gasteiger partial charge in [-0.05, 0) is 13.3 Å². The second-order valence-electron chi connectivity index (χ2n) is 3.63. The first-order valence-corrected chi connectivity index (χ1v) is 5.39.